The Kier molecular flexibility index (Phi) is 5.33. The standard InChI is InChI=1S/C18H24N4O3/c1-21(2)18(23)14-8-10-22(11-9-14)12-16-19-20-17(25-16)13-4-6-15(24-3)7-5-13/h4-7,14H,8-12H2,1-3H3. The van der Waals surface area contributed by atoms with E-state index in [1.54, 1.807) is 12.0 Å². The van der Waals surface area contributed by atoms with Gasteiger partial charge in [0.05, 0.1) is 13.7 Å². The first-order chi connectivity index (χ1) is 12.1. The highest BCUT2D eigenvalue weighted by molar-refractivity contribution is 5.78. The zero-order valence-electron chi connectivity index (χ0n) is 14.9. The molecule has 0 saturated carbocycles. The second-order valence-electron chi connectivity index (χ2n) is 6.51. The van der Waals surface area contributed by atoms with Crippen LogP contribution in [-0.2, 0) is 11.3 Å². The number of benzene rings is 1. The predicted molar refractivity (Wildman–Crippen MR) is 93.0 cm³/mol. The van der Waals surface area contributed by atoms with Gasteiger partial charge < -0.3 is 14.1 Å². The van der Waals surface area contributed by atoms with Crippen molar-refractivity contribution in [3.05, 3.63) is 30.2 Å². The first kappa shape index (κ1) is 17.4. The minimum Gasteiger partial charge on any atom is -0.497 e. The summed E-state index contributed by atoms with van der Waals surface area (Å²) < 4.78 is 10.9. The van der Waals surface area contributed by atoms with Crippen LogP contribution in [0.2, 0.25) is 0 Å². The molecule has 1 saturated heterocycles. The molecule has 0 spiro atoms. The van der Waals surface area contributed by atoms with Gasteiger partial charge in [0.1, 0.15) is 5.75 Å². The first-order valence-corrected chi connectivity index (χ1v) is 8.47. The molecule has 0 aliphatic carbocycles. The molecule has 1 aliphatic heterocycles. The molecule has 3 rings (SSSR count). The minimum atomic E-state index is 0.129. The average Bonchev–Trinajstić information content (AvgIpc) is 3.10. The van der Waals surface area contributed by atoms with Gasteiger partial charge in [-0.2, -0.15) is 0 Å². The number of hydrogen-bond acceptors (Lipinski definition) is 6. The largest absolute Gasteiger partial charge is 0.497 e. The van der Waals surface area contributed by atoms with E-state index in [1.165, 1.54) is 0 Å². The Morgan fingerprint density at radius 1 is 1.24 bits per heavy atom. The average molecular weight is 344 g/mol. The third-order valence-electron chi connectivity index (χ3n) is 4.54. The maximum Gasteiger partial charge on any atom is 0.247 e. The highest BCUT2D eigenvalue weighted by Gasteiger charge is 2.26. The van der Waals surface area contributed by atoms with Gasteiger partial charge in [0.25, 0.3) is 0 Å². The molecule has 2 aromatic rings. The number of hydrogen-bond donors (Lipinski definition) is 0. The Balaban J connectivity index is 1.56. The summed E-state index contributed by atoms with van der Waals surface area (Å²) >= 11 is 0. The van der Waals surface area contributed by atoms with Crippen molar-refractivity contribution in [1.82, 2.24) is 20.0 Å². The quantitative estimate of drug-likeness (QED) is 0.827. The van der Waals surface area contributed by atoms with Crippen molar-refractivity contribution in [2.45, 2.75) is 19.4 Å². The molecule has 2 heterocycles. The molecular formula is C18H24N4O3. The maximum atomic E-state index is 12.0. The number of carbonyl (C=O) groups is 1. The lowest BCUT2D eigenvalue weighted by atomic mass is 9.95. The highest BCUT2D eigenvalue weighted by Crippen LogP contribution is 2.23. The second-order valence-corrected chi connectivity index (χ2v) is 6.51. The SMILES string of the molecule is COc1ccc(-c2nnc(CN3CCC(C(=O)N(C)C)CC3)o2)cc1. The van der Waals surface area contributed by atoms with Crippen molar-refractivity contribution < 1.29 is 13.9 Å². The molecule has 1 aromatic heterocycles. The molecule has 7 heteroatoms. The molecule has 25 heavy (non-hydrogen) atoms. The zero-order valence-corrected chi connectivity index (χ0v) is 14.9. The van der Waals surface area contributed by atoms with Gasteiger partial charge in [-0.25, -0.2) is 0 Å². The highest BCUT2D eigenvalue weighted by atomic mass is 16.5. The molecular weight excluding hydrogens is 320 g/mol. The number of amides is 1. The maximum absolute atomic E-state index is 12.0. The number of piperidine rings is 1. The van der Waals surface area contributed by atoms with Crippen LogP contribution in [0.25, 0.3) is 11.5 Å². The molecule has 1 aromatic carbocycles. The van der Waals surface area contributed by atoms with Crippen LogP contribution in [0, 0.1) is 5.92 Å². The van der Waals surface area contributed by atoms with E-state index >= 15 is 0 Å². The van der Waals surface area contributed by atoms with Gasteiger partial charge in [-0.1, -0.05) is 0 Å². The first-order valence-electron chi connectivity index (χ1n) is 8.47. The molecule has 0 atom stereocenters. The summed E-state index contributed by atoms with van der Waals surface area (Å²) in [4.78, 5) is 16.0. The van der Waals surface area contributed by atoms with Crippen molar-refractivity contribution >= 4 is 5.91 Å². The van der Waals surface area contributed by atoms with E-state index in [0.717, 1.165) is 37.2 Å². The van der Waals surface area contributed by atoms with E-state index in [0.29, 0.717) is 18.3 Å². The Labute approximate surface area is 147 Å². The van der Waals surface area contributed by atoms with Crippen LogP contribution < -0.4 is 4.74 Å². The van der Waals surface area contributed by atoms with Crippen LogP contribution >= 0.6 is 0 Å². The molecule has 7 nitrogen and oxygen atoms in total. The number of aromatic nitrogens is 2. The van der Waals surface area contributed by atoms with E-state index in [4.69, 9.17) is 9.15 Å². The number of ether oxygens (including phenoxy) is 1. The van der Waals surface area contributed by atoms with E-state index in [9.17, 15) is 4.79 Å². The lowest BCUT2D eigenvalue weighted by Crippen LogP contribution is -2.39. The Hall–Kier alpha value is -2.41. The summed E-state index contributed by atoms with van der Waals surface area (Å²) in [5, 5.41) is 8.28. The van der Waals surface area contributed by atoms with E-state index in [-0.39, 0.29) is 11.8 Å². The Morgan fingerprint density at radius 3 is 2.52 bits per heavy atom. The minimum absolute atomic E-state index is 0.129. The molecule has 0 bridgehead atoms. The Bertz CT molecular complexity index is 703. The molecule has 0 N–H and O–H groups in total. The lowest BCUT2D eigenvalue weighted by molar-refractivity contribution is -0.134. The van der Waals surface area contributed by atoms with Crippen LogP contribution in [0.3, 0.4) is 0 Å². The van der Waals surface area contributed by atoms with Gasteiger partial charge in [0.2, 0.25) is 17.7 Å². The number of likely N-dealkylation sites (tertiary alicyclic amines) is 1. The smallest absolute Gasteiger partial charge is 0.247 e. The fourth-order valence-corrected chi connectivity index (χ4v) is 3.06. The topological polar surface area (TPSA) is 71.7 Å². The van der Waals surface area contributed by atoms with Gasteiger partial charge in [0, 0.05) is 25.6 Å². The van der Waals surface area contributed by atoms with Gasteiger partial charge in [-0.05, 0) is 50.2 Å². The zero-order chi connectivity index (χ0) is 17.8. The van der Waals surface area contributed by atoms with Crippen molar-refractivity contribution in [2.75, 3.05) is 34.3 Å². The summed E-state index contributed by atoms with van der Waals surface area (Å²) in [6.45, 7) is 2.35. The van der Waals surface area contributed by atoms with Gasteiger partial charge in [-0.3, -0.25) is 9.69 Å². The lowest BCUT2D eigenvalue weighted by Gasteiger charge is -2.31. The number of nitrogens with zero attached hydrogens (tertiary/aromatic N) is 4. The second kappa shape index (κ2) is 7.65. The van der Waals surface area contributed by atoms with E-state index < -0.39 is 0 Å². The van der Waals surface area contributed by atoms with Crippen LogP contribution in [0.4, 0.5) is 0 Å². The van der Waals surface area contributed by atoms with Crippen molar-refractivity contribution in [1.29, 1.82) is 0 Å². The monoisotopic (exact) mass is 344 g/mol. The fourth-order valence-electron chi connectivity index (χ4n) is 3.06. The molecule has 0 radical (unpaired) electrons. The fraction of sp³-hybridized carbons (Fsp3) is 0.500. The van der Waals surface area contributed by atoms with Crippen molar-refractivity contribution in [3.8, 4) is 17.2 Å². The summed E-state index contributed by atoms with van der Waals surface area (Å²) in [6, 6.07) is 7.53. The molecule has 1 fully saturated rings. The Morgan fingerprint density at radius 2 is 1.92 bits per heavy atom. The van der Waals surface area contributed by atoms with Crippen LogP contribution in [0.5, 0.6) is 5.75 Å². The number of methoxy groups -OCH3 is 1. The summed E-state index contributed by atoms with van der Waals surface area (Å²) in [7, 11) is 5.26. The van der Waals surface area contributed by atoms with Crippen LogP contribution in [0.15, 0.2) is 28.7 Å². The summed E-state index contributed by atoms with van der Waals surface area (Å²) in [5.41, 5.74) is 0.870. The van der Waals surface area contributed by atoms with E-state index in [2.05, 4.69) is 15.1 Å². The van der Waals surface area contributed by atoms with Crippen molar-refractivity contribution in [3.63, 3.8) is 0 Å². The third kappa shape index (κ3) is 4.17. The number of rotatable bonds is 5. The number of carbonyl (C=O) groups excluding carboxylic acids is 1. The van der Waals surface area contributed by atoms with Gasteiger partial charge >= 0.3 is 0 Å². The summed E-state index contributed by atoms with van der Waals surface area (Å²) in [5.74, 6) is 2.25. The van der Waals surface area contributed by atoms with Gasteiger partial charge in [0.15, 0.2) is 0 Å². The van der Waals surface area contributed by atoms with Crippen LogP contribution in [-0.4, -0.2) is 60.2 Å². The molecule has 1 amide bonds. The molecule has 1 aliphatic rings. The van der Waals surface area contributed by atoms with Gasteiger partial charge in [-0.15, -0.1) is 10.2 Å². The molecule has 0 unspecified atom stereocenters. The predicted octanol–water partition coefficient (Wildman–Crippen LogP) is 2.05. The molecule has 134 valence electrons. The third-order valence-corrected chi connectivity index (χ3v) is 4.54. The van der Waals surface area contributed by atoms with E-state index in [1.807, 2.05) is 38.4 Å². The van der Waals surface area contributed by atoms with Crippen molar-refractivity contribution in [2.24, 2.45) is 5.92 Å². The van der Waals surface area contributed by atoms with Crippen LogP contribution in [0.1, 0.15) is 18.7 Å². The normalized spacial score (nSPS) is 16.0. The summed E-state index contributed by atoms with van der Waals surface area (Å²) in [6.07, 6.45) is 1.74.